The smallest absolute Gasteiger partial charge is 0.262 e. The molecule has 1 aromatic heterocycles. The fourth-order valence-electron chi connectivity index (χ4n) is 2.00. The molecule has 1 aromatic carbocycles. The van der Waals surface area contributed by atoms with Crippen LogP contribution in [0.15, 0.2) is 32.6 Å². The Morgan fingerprint density at radius 3 is 2.91 bits per heavy atom. The molecule has 1 heterocycles. The maximum Gasteiger partial charge on any atom is 0.262 e. The Bertz CT molecular complexity index is 690. The van der Waals surface area contributed by atoms with Gasteiger partial charge in [-0.25, -0.2) is 4.98 Å². The molecule has 0 aliphatic carbocycles. The number of hydrogen-bond donors (Lipinski definition) is 0. The van der Waals surface area contributed by atoms with Crippen LogP contribution in [0, 0.1) is 0 Å². The first-order chi connectivity index (χ1) is 10.7. The van der Waals surface area contributed by atoms with Crippen LogP contribution >= 0.6 is 27.7 Å². The predicted octanol–water partition coefficient (Wildman–Crippen LogP) is 2.93. The second-order valence-corrected chi connectivity index (χ2v) is 6.53. The van der Waals surface area contributed by atoms with Gasteiger partial charge < -0.3 is 9.47 Å². The molecule has 120 valence electrons. The van der Waals surface area contributed by atoms with Crippen LogP contribution in [0.1, 0.15) is 6.92 Å². The van der Waals surface area contributed by atoms with E-state index in [1.165, 1.54) is 11.8 Å². The van der Waals surface area contributed by atoms with Gasteiger partial charge in [-0.1, -0.05) is 27.7 Å². The van der Waals surface area contributed by atoms with Crippen molar-refractivity contribution >= 4 is 38.6 Å². The summed E-state index contributed by atoms with van der Waals surface area (Å²) in [6, 6.07) is 5.56. The van der Waals surface area contributed by atoms with Gasteiger partial charge in [-0.15, -0.1) is 0 Å². The molecule has 0 aliphatic rings. The van der Waals surface area contributed by atoms with E-state index in [1.54, 1.807) is 11.7 Å². The van der Waals surface area contributed by atoms with Crippen LogP contribution in [-0.2, 0) is 16.0 Å². The van der Waals surface area contributed by atoms with Crippen molar-refractivity contribution in [2.45, 2.75) is 18.6 Å². The van der Waals surface area contributed by atoms with E-state index in [4.69, 9.17) is 9.47 Å². The molecule has 22 heavy (non-hydrogen) atoms. The minimum Gasteiger partial charge on any atom is -0.383 e. The third-order valence-electron chi connectivity index (χ3n) is 3.06. The zero-order valence-electron chi connectivity index (χ0n) is 12.7. The predicted molar refractivity (Wildman–Crippen MR) is 92.8 cm³/mol. The quantitative estimate of drug-likeness (QED) is 0.396. The van der Waals surface area contributed by atoms with E-state index in [1.807, 2.05) is 25.1 Å². The van der Waals surface area contributed by atoms with Gasteiger partial charge in [0, 0.05) is 23.9 Å². The highest BCUT2D eigenvalue weighted by Crippen LogP contribution is 2.20. The lowest BCUT2D eigenvalue weighted by atomic mass is 10.2. The molecular weight excluding hydrogens is 368 g/mol. The molecule has 0 unspecified atom stereocenters. The van der Waals surface area contributed by atoms with Crippen molar-refractivity contribution in [2.75, 3.05) is 32.7 Å². The molecule has 0 saturated heterocycles. The lowest BCUT2D eigenvalue weighted by Crippen LogP contribution is -2.25. The second-order valence-electron chi connectivity index (χ2n) is 4.55. The standard InChI is InChI=1S/C15H19BrN2O3S/c1-3-21-8-9-22-15-17-13-5-4-11(16)10-12(13)14(19)18(15)6-7-20-2/h4-5,10H,3,6-9H2,1-2H3. The van der Waals surface area contributed by atoms with Crippen LogP contribution in [0.5, 0.6) is 0 Å². The normalized spacial score (nSPS) is 11.2. The van der Waals surface area contributed by atoms with Crippen LogP contribution in [0.3, 0.4) is 0 Å². The summed E-state index contributed by atoms with van der Waals surface area (Å²) >= 11 is 4.93. The van der Waals surface area contributed by atoms with Gasteiger partial charge in [0.15, 0.2) is 5.16 Å². The fourth-order valence-corrected chi connectivity index (χ4v) is 3.24. The summed E-state index contributed by atoms with van der Waals surface area (Å²) in [6.45, 7) is 4.25. The number of aromatic nitrogens is 2. The third-order valence-corrected chi connectivity index (χ3v) is 4.50. The summed E-state index contributed by atoms with van der Waals surface area (Å²) < 4.78 is 13.0. The molecule has 5 nitrogen and oxygen atoms in total. The Morgan fingerprint density at radius 2 is 2.18 bits per heavy atom. The molecule has 0 atom stereocenters. The zero-order valence-corrected chi connectivity index (χ0v) is 15.1. The number of rotatable bonds is 8. The number of ether oxygens (including phenoxy) is 2. The summed E-state index contributed by atoms with van der Waals surface area (Å²) in [6.07, 6.45) is 0. The number of methoxy groups -OCH3 is 1. The average molecular weight is 387 g/mol. The van der Waals surface area contributed by atoms with Crippen LogP contribution < -0.4 is 5.56 Å². The summed E-state index contributed by atoms with van der Waals surface area (Å²) in [5.41, 5.74) is 0.669. The van der Waals surface area contributed by atoms with E-state index >= 15 is 0 Å². The number of benzene rings is 1. The Balaban J connectivity index is 2.38. The summed E-state index contributed by atoms with van der Waals surface area (Å²) in [4.78, 5) is 17.3. The molecule has 7 heteroatoms. The molecule has 0 fully saturated rings. The zero-order chi connectivity index (χ0) is 15.9. The molecular formula is C15H19BrN2O3S. The minimum atomic E-state index is -0.0396. The Labute approximate surface area is 142 Å². The van der Waals surface area contributed by atoms with Crippen molar-refractivity contribution in [1.82, 2.24) is 9.55 Å². The van der Waals surface area contributed by atoms with E-state index < -0.39 is 0 Å². The van der Waals surface area contributed by atoms with Crippen LogP contribution in [0.4, 0.5) is 0 Å². The maximum atomic E-state index is 12.7. The SMILES string of the molecule is CCOCCSc1nc2ccc(Br)cc2c(=O)n1CCOC. The lowest BCUT2D eigenvalue weighted by Gasteiger charge is -2.12. The van der Waals surface area contributed by atoms with Crippen LogP contribution in [-0.4, -0.2) is 42.2 Å². The topological polar surface area (TPSA) is 53.3 Å². The Hall–Kier alpha value is -0.890. The van der Waals surface area contributed by atoms with E-state index in [0.717, 1.165) is 10.2 Å². The molecule has 2 rings (SSSR count). The second kappa shape index (κ2) is 8.67. The molecule has 0 N–H and O–H groups in total. The van der Waals surface area contributed by atoms with Gasteiger partial charge in [0.25, 0.3) is 5.56 Å². The molecule has 0 aliphatic heterocycles. The molecule has 0 bridgehead atoms. The first-order valence-corrected chi connectivity index (χ1v) is 8.84. The van der Waals surface area contributed by atoms with Crippen molar-refractivity contribution in [2.24, 2.45) is 0 Å². The van der Waals surface area contributed by atoms with Crippen molar-refractivity contribution in [3.8, 4) is 0 Å². The van der Waals surface area contributed by atoms with Gasteiger partial charge >= 0.3 is 0 Å². The summed E-state index contributed by atoms with van der Waals surface area (Å²) in [5.74, 6) is 0.759. The molecule has 0 spiro atoms. The van der Waals surface area contributed by atoms with Crippen molar-refractivity contribution < 1.29 is 9.47 Å². The van der Waals surface area contributed by atoms with E-state index in [9.17, 15) is 4.79 Å². The van der Waals surface area contributed by atoms with Gasteiger partial charge in [0.1, 0.15) is 0 Å². The van der Waals surface area contributed by atoms with Gasteiger partial charge in [-0.05, 0) is 25.1 Å². The molecule has 0 saturated carbocycles. The van der Waals surface area contributed by atoms with Crippen LogP contribution in [0.2, 0.25) is 0 Å². The maximum absolute atomic E-state index is 12.7. The Morgan fingerprint density at radius 1 is 1.36 bits per heavy atom. The first-order valence-electron chi connectivity index (χ1n) is 7.07. The van der Waals surface area contributed by atoms with Gasteiger partial charge in [0.2, 0.25) is 0 Å². The first kappa shape index (κ1) is 17.5. The van der Waals surface area contributed by atoms with Crippen molar-refractivity contribution in [3.05, 3.63) is 33.0 Å². The molecule has 0 radical (unpaired) electrons. The number of thioether (sulfide) groups is 1. The van der Waals surface area contributed by atoms with E-state index in [-0.39, 0.29) is 5.56 Å². The molecule has 2 aromatic rings. The largest absolute Gasteiger partial charge is 0.383 e. The number of hydrogen-bond acceptors (Lipinski definition) is 5. The molecule has 0 amide bonds. The van der Waals surface area contributed by atoms with Crippen molar-refractivity contribution in [3.63, 3.8) is 0 Å². The average Bonchev–Trinajstić information content (AvgIpc) is 2.52. The number of nitrogens with zero attached hydrogens (tertiary/aromatic N) is 2. The Kier molecular flexibility index (Phi) is 6.88. The monoisotopic (exact) mass is 386 g/mol. The van der Waals surface area contributed by atoms with Crippen molar-refractivity contribution in [1.29, 1.82) is 0 Å². The summed E-state index contributed by atoms with van der Waals surface area (Å²) in [5, 5.41) is 1.32. The van der Waals surface area contributed by atoms with E-state index in [0.29, 0.717) is 42.4 Å². The third kappa shape index (κ3) is 4.32. The highest BCUT2D eigenvalue weighted by atomic mass is 79.9. The van der Waals surface area contributed by atoms with Gasteiger partial charge in [-0.2, -0.15) is 0 Å². The number of fused-ring (bicyclic) bond motifs is 1. The van der Waals surface area contributed by atoms with Gasteiger partial charge in [-0.3, -0.25) is 9.36 Å². The minimum absolute atomic E-state index is 0.0396. The summed E-state index contributed by atoms with van der Waals surface area (Å²) in [7, 11) is 1.62. The number of halogens is 1. The van der Waals surface area contributed by atoms with Gasteiger partial charge in [0.05, 0.1) is 30.7 Å². The van der Waals surface area contributed by atoms with Crippen LogP contribution in [0.25, 0.3) is 10.9 Å². The highest BCUT2D eigenvalue weighted by Gasteiger charge is 2.11. The lowest BCUT2D eigenvalue weighted by molar-refractivity contribution is 0.164. The highest BCUT2D eigenvalue weighted by molar-refractivity contribution is 9.10. The fraction of sp³-hybridized carbons (Fsp3) is 0.467. The van der Waals surface area contributed by atoms with E-state index in [2.05, 4.69) is 20.9 Å².